The molecule has 0 spiro atoms. The molecule has 0 saturated heterocycles. The van der Waals surface area contributed by atoms with Gasteiger partial charge in [0, 0.05) is 0 Å². The summed E-state index contributed by atoms with van der Waals surface area (Å²) in [5.74, 6) is 3.68. The maximum Gasteiger partial charge on any atom is -0.00411 e. The third-order valence-corrected chi connectivity index (χ3v) is 3.26. The minimum Gasteiger partial charge on any atom is -0.317 e. The molecule has 0 unspecified atom stereocenters. The van der Waals surface area contributed by atoms with Crippen molar-refractivity contribution < 1.29 is 0 Å². The minimum absolute atomic E-state index is 1.09. The van der Waals surface area contributed by atoms with Gasteiger partial charge in [0.2, 0.25) is 0 Å². The predicted molar refractivity (Wildman–Crippen MR) is 57.8 cm³/mol. The van der Waals surface area contributed by atoms with Crippen molar-refractivity contribution in [1.29, 1.82) is 0 Å². The fourth-order valence-electron chi connectivity index (χ4n) is 1.28. The van der Waals surface area contributed by atoms with Crippen LogP contribution in [0.2, 0.25) is 0 Å². The number of rotatable bonds is 8. The standard InChI is InChI=1S/C10H21NS/c1-2-12-9-3-7-11-8-6-10-4-5-10/h10-11H,2-9H2,1H3. The maximum atomic E-state index is 3.50. The summed E-state index contributed by atoms with van der Waals surface area (Å²) in [6.07, 6.45) is 5.74. The molecule has 2 heteroatoms. The molecule has 72 valence electrons. The van der Waals surface area contributed by atoms with Gasteiger partial charge in [0.25, 0.3) is 0 Å². The highest BCUT2D eigenvalue weighted by Gasteiger charge is 2.19. The molecule has 1 nitrogen and oxygen atoms in total. The molecule has 0 radical (unpaired) electrons. The maximum absolute atomic E-state index is 3.50. The van der Waals surface area contributed by atoms with E-state index in [0.29, 0.717) is 0 Å². The Morgan fingerprint density at radius 2 is 2.17 bits per heavy atom. The number of hydrogen-bond donors (Lipinski definition) is 1. The molecule has 1 N–H and O–H groups in total. The van der Waals surface area contributed by atoms with E-state index in [-0.39, 0.29) is 0 Å². The van der Waals surface area contributed by atoms with E-state index in [4.69, 9.17) is 0 Å². The van der Waals surface area contributed by atoms with E-state index in [1.807, 2.05) is 11.8 Å². The predicted octanol–water partition coefficient (Wildman–Crippen LogP) is 2.52. The number of nitrogens with one attached hydrogen (secondary N) is 1. The van der Waals surface area contributed by atoms with Crippen LogP contribution < -0.4 is 5.32 Å². The lowest BCUT2D eigenvalue weighted by atomic mass is 10.3. The highest BCUT2D eigenvalue weighted by atomic mass is 32.2. The first kappa shape index (κ1) is 10.4. The summed E-state index contributed by atoms with van der Waals surface area (Å²) in [4.78, 5) is 0. The van der Waals surface area contributed by atoms with Gasteiger partial charge in [0.1, 0.15) is 0 Å². The molecule has 1 saturated carbocycles. The number of thioether (sulfide) groups is 1. The third-order valence-electron chi connectivity index (χ3n) is 2.27. The lowest BCUT2D eigenvalue weighted by Gasteiger charge is -2.02. The fourth-order valence-corrected chi connectivity index (χ4v) is 1.92. The smallest absolute Gasteiger partial charge is 0.00411 e. The Kier molecular flexibility index (Phi) is 5.88. The third kappa shape index (κ3) is 5.90. The van der Waals surface area contributed by atoms with Crippen LogP contribution in [0.15, 0.2) is 0 Å². The SMILES string of the molecule is CCSCCCNCCC1CC1. The summed E-state index contributed by atoms with van der Waals surface area (Å²) < 4.78 is 0. The van der Waals surface area contributed by atoms with Crippen LogP contribution >= 0.6 is 11.8 Å². The van der Waals surface area contributed by atoms with Gasteiger partial charge in [-0.25, -0.2) is 0 Å². The molecule has 0 aromatic heterocycles. The van der Waals surface area contributed by atoms with Gasteiger partial charge >= 0.3 is 0 Å². The average molecular weight is 187 g/mol. The van der Waals surface area contributed by atoms with Crippen LogP contribution in [0.25, 0.3) is 0 Å². The Hall–Kier alpha value is 0.310. The van der Waals surface area contributed by atoms with Gasteiger partial charge in [-0.1, -0.05) is 19.8 Å². The Labute approximate surface area is 80.7 Å². The minimum atomic E-state index is 1.09. The lowest BCUT2D eigenvalue weighted by molar-refractivity contribution is 0.609. The first-order valence-electron chi connectivity index (χ1n) is 5.22. The van der Waals surface area contributed by atoms with Crippen molar-refractivity contribution in [3.63, 3.8) is 0 Å². The molecule has 0 bridgehead atoms. The second-order valence-electron chi connectivity index (χ2n) is 3.53. The van der Waals surface area contributed by atoms with Gasteiger partial charge < -0.3 is 5.32 Å². The molecule has 0 amide bonds. The van der Waals surface area contributed by atoms with E-state index < -0.39 is 0 Å². The quantitative estimate of drug-likeness (QED) is 0.586. The Morgan fingerprint density at radius 3 is 2.83 bits per heavy atom. The molecule has 1 aliphatic rings. The monoisotopic (exact) mass is 187 g/mol. The van der Waals surface area contributed by atoms with Crippen molar-refractivity contribution in [3.05, 3.63) is 0 Å². The Morgan fingerprint density at radius 1 is 1.33 bits per heavy atom. The van der Waals surface area contributed by atoms with Gasteiger partial charge in [-0.05, 0) is 43.4 Å². The van der Waals surface area contributed by atoms with E-state index in [0.717, 1.165) is 5.92 Å². The Balaban J connectivity index is 1.65. The van der Waals surface area contributed by atoms with Crippen molar-refractivity contribution >= 4 is 11.8 Å². The molecule has 0 aliphatic heterocycles. The molecule has 0 aromatic carbocycles. The van der Waals surface area contributed by atoms with Crippen LogP contribution in [-0.4, -0.2) is 24.6 Å². The fraction of sp³-hybridized carbons (Fsp3) is 1.00. The van der Waals surface area contributed by atoms with Gasteiger partial charge in [-0.3, -0.25) is 0 Å². The summed E-state index contributed by atoms with van der Waals surface area (Å²) in [5.41, 5.74) is 0. The summed E-state index contributed by atoms with van der Waals surface area (Å²) >= 11 is 2.04. The number of hydrogen-bond acceptors (Lipinski definition) is 2. The zero-order chi connectivity index (χ0) is 8.65. The van der Waals surface area contributed by atoms with Crippen LogP contribution in [0.3, 0.4) is 0 Å². The molecular formula is C10H21NS. The summed E-state index contributed by atoms with van der Waals surface area (Å²) in [5, 5.41) is 3.50. The molecule has 1 fully saturated rings. The molecule has 0 atom stereocenters. The summed E-state index contributed by atoms with van der Waals surface area (Å²) in [6, 6.07) is 0. The van der Waals surface area contributed by atoms with Crippen LogP contribution in [0, 0.1) is 5.92 Å². The van der Waals surface area contributed by atoms with E-state index in [2.05, 4.69) is 12.2 Å². The van der Waals surface area contributed by atoms with E-state index >= 15 is 0 Å². The van der Waals surface area contributed by atoms with Gasteiger partial charge in [-0.2, -0.15) is 11.8 Å². The second kappa shape index (κ2) is 6.79. The molecule has 0 heterocycles. The lowest BCUT2D eigenvalue weighted by Crippen LogP contribution is -2.17. The van der Waals surface area contributed by atoms with Crippen LogP contribution in [-0.2, 0) is 0 Å². The van der Waals surface area contributed by atoms with Crippen molar-refractivity contribution in [2.45, 2.75) is 32.6 Å². The van der Waals surface area contributed by atoms with Gasteiger partial charge in [0.15, 0.2) is 0 Å². The highest BCUT2D eigenvalue weighted by Crippen LogP contribution is 2.31. The van der Waals surface area contributed by atoms with Gasteiger partial charge in [-0.15, -0.1) is 0 Å². The Bertz CT molecular complexity index is 102. The van der Waals surface area contributed by atoms with Crippen LogP contribution in [0.1, 0.15) is 32.6 Å². The normalized spacial score (nSPS) is 16.8. The highest BCUT2D eigenvalue weighted by molar-refractivity contribution is 7.99. The van der Waals surface area contributed by atoms with E-state index in [1.54, 1.807) is 0 Å². The topological polar surface area (TPSA) is 12.0 Å². The summed E-state index contributed by atoms with van der Waals surface area (Å²) in [6.45, 7) is 4.70. The average Bonchev–Trinajstić information content (AvgIpc) is 2.87. The molecular weight excluding hydrogens is 166 g/mol. The van der Waals surface area contributed by atoms with E-state index in [1.165, 1.54) is 50.3 Å². The van der Waals surface area contributed by atoms with Crippen molar-refractivity contribution in [1.82, 2.24) is 5.32 Å². The zero-order valence-corrected chi connectivity index (χ0v) is 8.96. The largest absolute Gasteiger partial charge is 0.317 e. The van der Waals surface area contributed by atoms with E-state index in [9.17, 15) is 0 Å². The molecule has 1 rings (SSSR count). The molecule has 12 heavy (non-hydrogen) atoms. The van der Waals surface area contributed by atoms with Crippen molar-refractivity contribution in [2.24, 2.45) is 5.92 Å². The van der Waals surface area contributed by atoms with Crippen LogP contribution in [0.4, 0.5) is 0 Å². The first-order chi connectivity index (χ1) is 5.93. The van der Waals surface area contributed by atoms with Crippen molar-refractivity contribution in [2.75, 3.05) is 24.6 Å². The van der Waals surface area contributed by atoms with Crippen molar-refractivity contribution in [3.8, 4) is 0 Å². The van der Waals surface area contributed by atoms with Crippen LogP contribution in [0.5, 0.6) is 0 Å². The second-order valence-corrected chi connectivity index (χ2v) is 4.93. The first-order valence-corrected chi connectivity index (χ1v) is 6.37. The molecule has 1 aliphatic carbocycles. The molecule has 0 aromatic rings. The zero-order valence-electron chi connectivity index (χ0n) is 8.14. The van der Waals surface area contributed by atoms with Gasteiger partial charge in [0.05, 0.1) is 0 Å². The summed E-state index contributed by atoms with van der Waals surface area (Å²) in [7, 11) is 0.